The second-order valence-electron chi connectivity index (χ2n) is 4.65. The molecule has 1 aliphatic heterocycles. The summed E-state index contributed by atoms with van der Waals surface area (Å²) in [5, 5.41) is 21.9. The molecular formula is C12H13N3O5. The first-order chi connectivity index (χ1) is 9.41. The lowest BCUT2D eigenvalue weighted by atomic mass is 10.1. The normalized spacial score (nSPS) is 14.3. The van der Waals surface area contributed by atoms with E-state index in [1.54, 1.807) is 4.90 Å². The van der Waals surface area contributed by atoms with Crippen molar-refractivity contribution in [1.29, 1.82) is 0 Å². The topological polar surface area (TPSA) is 107 Å². The van der Waals surface area contributed by atoms with Crippen LogP contribution >= 0.6 is 0 Å². The third-order valence-corrected chi connectivity index (χ3v) is 3.39. The molecule has 0 saturated carbocycles. The zero-order valence-corrected chi connectivity index (χ0v) is 10.9. The van der Waals surface area contributed by atoms with Crippen molar-refractivity contribution < 1.29 is 14.6 Å². The van der Waals surface area contributed by atoms with Gasteiger partial charge in [0.2, 0.25) is 0 Å². The standard InChI is InChI=1S/C12H13N3O5/c1-8-10(14(17)18)6-9(7-11(8)15(19)20)12(16)13-4-2-3-5-13/h6-7H,2-5H2,1H3. The minimum absolute atomic E-state index is 0.00380. The van der Waals surface area contributed by atoms with Crippen molar-refractivity contribution >= 4 is 17.3 Å². The summed E-state index contributed by atoms with van der Waals surface area (Å²) >= 11 is 0. The number of nitro benzene ring substituents is 2. The van der Waals surface area contributed by atoms with Gasteiger partial charge in [-0.2, -0.15) is 0 Å². The first-order valence-electron chi connectivity index (χ1n) is 6.14. The van der Waals surface area contributed by atoms with Crippen molar-refractivity contribution in [1.82, 2.24) is 4.90 Å². The van der Waals surface area contributed by atoms with Crippen LogP contribution in [0.2, 0.25) is 0 Å². The Morgan fingerprint density at radius 1 is 1.10 bits per heavy atom. The fourth-order valence-corrected chi connectivity index (χ4v) is 2.29. The molecule has 8 nitrogen and oxygen atoms in total. The summed E-state index contributed by atoms with van der Waals surface area (Å²) < 4.78 is 0. The van der Waals surface area contributed by atoms with Crippen molar-refractivity contribution in [3.05, 3.63) is 43.5 Å². The van der Waals surface area contributed by atoms with Gasteiger partial charge in [-0.15, -0.1) is 0 Å². The van der Waals surface area contributed by atoms with Crippen LogP contribution in [0.25, 0.3) is 0 Å². The quantitative estimate of drug-likeness (QED) is 0.621. The molecule has 1 aliphatic rings. The number of nitro groups is 2. The average molecular weight is 279 g/mol. The van der Waals surface area contributed by atoms with E-state index in [1.165, 1.54) is 6.92 Å². The predicted molar refractivity (Wildman–Crippen MR) is 69.6 cm³/mol. The summed E-state index contributed by atoms with van der Waals surface area (Å²) in [7, 11) is 0. The van der Waals surface area contributed by atoms with E-state index in [-0.39, 0.29) is 11.1 Å². The van der Waals surface area contributed by atoms with Gasteiger partial charge in [0, 0.05) is 25.2 Å². The highest BCUT2D eigenvalue weighted by atomic mass is 16.6. The highest BCUT2D eigenvalue weighted by molar-refractivity contribution is 5.96. The number of hydrogen-bond acceptors (Lipinski definition) is 5. The van der Waals surface area contributed by atoms with Crippen LogP contribution in [-0.4, -0.2) is 33.7 Å². The molecule has 0 unspecified atom stereocenters. The first kappa shape index (κ1) is 13.9. The van der Waals surface area contributed by atoms with E-state index < -0.39 is 27.1 Å². The third-order valence-electron chi connectivity index (χ3n) is 3.39. The minimum Gasteiger partial charge on any atom is -0.339 e. The second-order valence-corrected chi connectivity index (χ2v) is 4.65. The SMILES string of the molecule is Cc1c([N+](=O)[O-])cc(C(=O)N2CCCC2)cc1[N+](=O)[O-]. The Labute approximate surface area is 114 Å². The lowest BCUT2D eigenvalue weighted by molar-refractivity contribution is -0.395. The molecule has 106 valence electrons. The summed E-state index contributed by atoms with van der Waals surface area (Å²) in [6, 6.07) is 2.23. The number of amides is 1. The van der Waals surface area contributed by atoms with Crippen molar-refractivity contribution in [2.75, 3.05) is 13.1 Å². The molecule has 0 spiro atoms. The van der Waals surface area contributed by atoms with Crippen molar-refractivity contribution in [2.45, 2.75) is 19.8 Å². The van der Waals surface area contributed by atoms with Crippen LogP contribution in [0.4, 0.5) is 11.4 Å². The largest absolute Gasteiger partial charge is 0.339 e. The molecule has 1 saturated heterocycles. The highest BCUT2D eigenvalue weighted by Crippen LogP contribution is 2.30. The number of rotatable bonds is 3. The van der Waals surface area contributed by atoms with Crippen LogP contribution in [-0.2, 0) is 0 Å². The molecule has 0 aromatic heterocycles. The van der Waals surface area contributed by atoms with E-state index >= 15 is 0 Å². The van der Waals surface area contributed by atoms with Gasteiger partial charge >= 0.3 is 0 Å². The van der Waals surface area contributed by atoms with Gasteiger partial charge in [-0.1, -0.05) is 0 Å². The van der Waals surface area contributed by atoms with Crippen molar-refractivity contribution in [3.8, 4) is 0 Å². The Morgan fingerprint density at radius 2 is 1.55 bits per heavy atom. The number of hydrogen-bond donors (Lipinski definition) is 0. The summed E-state index contributed by atoms with van der Waals surface area (Å²) in [5.41, 5.74) is -0.850. The number of carbonyl (C=O) groups excluding carboxylic acids is 1. The molecular weight excluding hydrogens is 266 g/mol. The molecule has 20 heavy (non-hydrogen) atoms. The fraction of sp³-hybridized carbons (Fsp3) is 0.417. The van der Waals surface area contributed by atoms with Crippen LogP contribution in [0.15, 0.2) is 12.1 Å². The van der Waals surface area contributed by atoms with Gasteiger partial charge in [-0.05, 0) is 19.8 Å². The van der Waals surface area contributed by atoms with Crippen LogP contribution < -0.4 is 0 Å². The maximum atomic E-state index is 12.2. The Balaban J connectivity index is 2.50. The van der Waals surface area contributed by atoms with E-state index in [0.717, 1.165) is 25.0 Å². The zero-order chi connectivity index (χ0) is 14.9. The Kier molecular flexibility index (Phi) is 3.64. The Hall–Kier alpha value is -2.51. The van der Waals surface area contributed by atoms with E-state index in [2.05, 4.69) is 0 Å². The van der Waals surface area contributed by atoms with Crippen molar-refractivity contribution in [3.63, 3.8) is 0 Å². The van der Waals surface area contributed by atoms with Gasteiger partial charge in [-0.3, -0.25) is 25.0 Å². The molecule has 1 heterocycles. The average Bonchev–Trinajstić information content (AvgIpc) is 2.91. The molecule has 1 fully saturated rings. The molecule has 8 heteroatoms. The summed E-state index contributed by atoms with van der Waals surface area (Å²) in [5.74, 6) is -0.395. The molecule has 0 radical (unpaired) electrons. The molecule has 1 aromatic rings. The zero-order valence-electron chi connectivity index (χ0n) is 10.9. The monoisotopic (exact) mass is 279 g/mol. The molecule has 0 N–H and O–H groups in total. The van der Waals surface area contributed by atoms with Gasteiger partial charge in [-0.25, -0.2) is 0 Å². The Morgan fingerprint density at radius 3 is 1.95 bits per heavy atom. The molecule has 0 aliphatic carbocycles. The van der Waals surface area contributed by atoms with Crippen LogP contribution in [0.3, 0.4) is 0 Å². The molecule has 0 bridgehead atoms. The van der Waals surface area contributed by atoms with Gasteiger partial charge in [0.25, 0.3) is 17.3 Å². The van der Waals surface area contributed by atoms with Crippen LogP contribution in [0.1, 0.15) is 28.8 Å². The van der Waals surface area contributed by atoms with E-state index in [1.807, 2.05) is 0 Å². The highest BCUT2D eigenvalue weighted by Gasteiger charge is 2.28. The van der Waals surface area contributed by atoms with Gasteiger partial charge in [0.05, 0.1) is 15.4 Å². The lowest BCUT2D eigenvalue weighted by Gasteiger charge is -2.15. The molecule has 1 amide bonds. The predicted octanol–water partition coefficient (Wildman–Crippen LogP) is 2.05. The molecule has 0 atom stereocenters. The maximum absolute atomic E-state index is 12.2. The van der Waals surface area contributed by atoms with Crippen LogP contribution in [0.5, 0.6) is 0 Å². The Bertz CT molecular complexity index is 558. The van der Waals surface area contributed by atoms with Crippen LogP contribution in [0, 0.1) is 27.2 Å². The third kappa shape index (κ3) is 2.44. The smallest absolute Gasteiger partial charge is 0.279 e. The van der Waals surface area contributed by atoms with E-state index in [0.29, 0.717) is 13.1 Å². The van der Waals surface area contributed by atoms with Crippen molar-refractivity contribution in [2.24, 2.45) is 0 Å². The van der Waals surface area contributed by atoms with E-state index in [4.69, 9.17) is 0 Å². The minimum atomic E-state index is -0.705. The second kappa shape index (κ2) is 5.24. The number of likely N-dealkylation sites (tertiary alicyclic amines) is 1. The summed E-state index contributed by atoms with van der Waals surface area (Å²) in [4.78, 5) is 34.2. The molecule has 1 aromatic carbocycles. The lowest BCUT2D eigenvalue weighted by Crippen LogP contribution is -2.27. The van der Waals surface area contributed by atoms with Gasteiger partial charge in [0.1, 0.15) is 5.56 Å². The van der Waals surface area contributed by atoms with E-state index in [9.17, 15) is 25.0 Å². The maximum Gasteiger partial charge on any atom is 0.279 e. The summed E-state index contributed by atoms with van der Waals surface area (Å²) in [6.07, 6.45) is 1.75. The van der Waals surface area contributed by atoms with Gasteiger partial charge < -0.3 is 4.90 Å². The molecule has 2 rings (SSSR count). The van der Waals surface area contributed by atoms with Gasteiger partial charge in [0.15, 0.2) is 0 Å². The number of benzene rings is 1. The number of nitrogens with zero attached hydrogens (tertiary/aromatic N) is 3. The summed E-state index contributed by atoms with van der Waals surface area (Å²) in [6.45, 7) is 2.46. The first-order valence-corrected chi connectivity index (χ1v) is 6.14. The number of carbonyl (C=O) groups is 1. The fourth-order valence-electron chi connectivity index (χ4n) is 2.29.